The van der Waals surface area contributed by atoms with Crippen molar-refractivity contribution in [2.24, 2.45) is 0 Å². The number of halogens is 2. The van der Waals surface area contributed by atoms with E-state index in [9.17, 15) is 0 Å². The lowest BCUT2D eigenvalue weighted by molar-refractivity contribution is 0.867. The first-order valence-corrected chi connectivity index (χ1v) is 7.51. The molecule has 0 unspecified atom stereocenters. The molecule has 2 rings (SSSR count). The highest BCUT2D eigenvalue weighted by Crippen LogP contribution is 2.23. The van der Waals surface area contributed by atoms with Gasteiger partial charge in [-0.3, -0.25) is 0 Å². The second kappa shape index (κ2) is 6.44. The maximum absolute atomic E-state index is 5.93. The highest BCUT2D eigenvalue weighted by Gasteiger charge is 2.02. The molecule has 0 bridgehead atoms. The van der Waals surface area contributed by atoms with Crippen LogP contribution in [0.4, 0.5) is 5.69 Å². The molecule has 0 spiro atoms. The van der Waals surface area contributed by atoms with E-state index in [4.69, 9.17) is 11.6 Å². The first-order chi connectivity index (χ1) is 9.06. The van der Waals surface area contributed by atoms with Crippen LogP contribution in [0.1, 0.15) is 30.9 Å². The molecule has 0 saturated carbocycles. The number of rotatable bonds is 4. The van der Waals surface area contributed by atoms with Crippen molar-refractivity contribution < 1.29 is 0 Å². The van der Waals surface area contributed by atoms with E-state index in [1.165, 1.54) is 11.1 Å². The van der Waals surface area contributed by atoms with Gasteiger partial charge in [0.15, 0.2) is 0 Å². The summed E-state index contributed by atoms with van der Waals surface area (Å²) in [5.74, 6) is 0.569. The third-order valence-electron chi connectivity index (χ3n) is 3.08. The quantitative estimate of drug-likeness (QED) is 0.738. The van der Waals surface area contributed by atoms with Gasteiger partial charge in [-0.25, -0.2) is 0 Å². The normalized spacial score (nSPS) is 10.8. The third kappa shape index (κ3) is 3.99. The molecule has 0 heterocycles. The van der Waals surface area contributed by atoms with Crippen molar-refractivity contribution in [3.05, 3.63) is 63.1 Å². The molecule has 1 nitrogen and oxygen atoms in total. The van der Waals surface area contributed by atoms with Crippen molar-refractivity contribution in [1.82, 2.24) is 0 Å². The van der Waals surface area contributed by atoms with Gasteiger partial charge in [0.1, 0.15) is 0 Å². The molecule has 0 aromatic heterocycles. The Morgan fingerprint density at radius 3 is 2.37 bits per heavy atom. The minimum absolute atomic E-state index is 0.569. The summed E-state index contributed by atoms with van der Waals surface area (Å²) < 4.78 is 1.03. The van der Waals surface area contributed by atoms with Crippen molar-refractivity contribution in [3.63, 3.8) is 0 Å². The Kier molecular flexibility index (Phi) is 4.89. The van der Waals surface area contributed by atoms with E-state index in [0.29, 0.717) is 5.92 Å². The van der Waals surface area contributed by atoms with Gasteiger partial charge in [0, 0.05) is 21.7 Å². The predicted octanol–water partition coefficient (Wildman–Crippen LogP) is 5.84. The molecule has 0 atom stereocenters. The molecule has 0 aliphatic heterocycles. The zero-order valence-corrected chi connectivity index (χ0v) is 13.4. The Morgan fingerprint density at radius 1 is 1.11 bits per heavy atom. The second-order valence-corrected chi connectivity index (χ2v) is 6.16. The minimum atomic E-state index is 0.569. The van der Waals surface area contributed by atoms with Gasteiger partial charge < -0.3 is 5.32 Å². The topological polar surface area (TPSA) is 12.0 Å². The lowest BCUT2D eigenvalue weighted by atomic mass is 10.0. The van der Waals surface area contributed by atoms with Gasteiger partial charge in [-0.15, -0.1) is 0 Å². The fourth-order valence-electron chi connectivity index (χ4n) is 1.85. The SMILES string of the molecule is CC(C)c1ccc(NCc2ccc(Cl)cc2Br)cc1. The Hall–Kier alpha value is -0.990. The third-order valence-corrected chi connectivity index (χ3v) is 4.05. The minimum Gasteiger partial charge on any atom is -0.381 e. The van der Waals surface area contributed by atoms with Crippen LogP contribution in [0.15, 0.2) is 46.9 Å². The maximum Gasteiger partial charge on any atom is 0.0417 e. The van der Waals surface area contributed by atoms with Gasteiger partial charge in [-0.05, 0) is 41.3 Å². The number of benzene rings is 2. The fourth-order valence-corrected chi connectivity index (χ4v) is 2.67. The van der Waals surface area contributed by atoms with Crippen LogP contribution in [0.5, 0.6) is 0 Å². The zero-order valence-electron chi connectivity index (χ0n) is 11.1. The van der Waals surface area contributed by atoms with Crippen molar-refractivity contribution in [2.75, 3.05) is 5.32 Å². The van der Waals surface area contributed by atoms with E-state index in [-0.39, 0.29) is 0 Å². The van der Waals surface area contributed by atoms with Crippen LogP contribution in [0.2, 0.25) is 5.02 Å². The Balaban J connectivity index is 2.02. The summed E-state index contributed by atoms with van der Waals surface area (Å²) in [5.41, 5.74) is 3.68. The molecule has 0 amide bonds. The van der Waals surface area contributed by atoms with Crippen molar-refractivity contribution in [1.29, 1.82) is 0 Å². The Morgan fingerprint density at radius 2 is 1.79 bits per heavy atom. The lowest BCUT2D eigenvalue weighted by Crippen LogP contribution is -2.00. The van der Waals surface area contributed by atoms with E-state index in [1.807, 2.05) is 18.2 Å². The molecular formula is C16H17BrClN. The average Bonchev–Trinajstić information content (AvgIpc) is 2.38. The number of nitrogens with one attached hydrogen (secondary N) is 1. The van der Waals surface area contributed by atoms with E-state index in [0.717, 1.165) is 21.7 Å². The van der Waals surface area contributed by atoms with E-state index in [1.54, 1.807) is 0 Å². The maximum atomic E-state index is 5.93. The van der Waals surface area contributed by atoms with Crippen molar-refractivity contribution in [3.8, 4) is 0 Å². The zero-order chi connectivity index (χ0) is 13.8. The monoisotopic (exact) mass is 337 g/mol. The number of anilines is 1. The second-order valence-electron chi connectivity index (χ2n) is 4.87. The average molecular weight is 339 g/mol. The molecule has 2 aromatic carbocycles. The number of hydrogen-bond donors (Lipinski definition) is 1. The van der Waals surface area contributed by atoms with Crippen LogP contribution in [0, 0.1) is 0 Å². The van der Waals surface area contributed by atoms with Crippen LogP contribution in [-0.2, 0) is 6.54 Å². The summed E-state index contributed by atoms with van der Waals surface area (Å²) in [6, 6.07) is 14.4. The molecule has 0 radical (unpaired) electrons. The first-order valence-electron chi connectivity index (χ1n) is 6.34. The largest absolute Gasteiger partial charge is 0.381 e. The highest BCUT2D eigenvalue weighted by molar-refractivity contribution is 9.10. The summed E-state index contributed by atoms with van der Waals surface area (Å²) in [6.45, 7) is 5.18. The molecule has 0 aliphatic rings. The van der Waals surface area contributed by atoms with E-state index in [2.05, 4.69) is 59.4 Å². The fraction of sp³-hybridized carbons (Fsp3) is 0.250. The summed E-state index contributed by atoms with van der Waals surface area (Å²) in [6.07, 6.45) is 0. The molecule has 3 heteroatoms. The van der Waals surface area contributed by atoms with E-state index < -0.39 is 0 Å². The highest BCUT2D eigenvalue weighted by atomic mass is 79.9. The van der Waals surface area contributed by atoms with Gasteiger partial charge >= 0.3 is 0 Å². The van der Waals surface area contributed by atoms with Gasteiger partial charge in [-0.2, -0.15) is 0 Å². The summed E-state index contributed by atoms with van der Waals surface area (Å²) in [4.78, 5) is 0. The predicted molar refractivity (Wildman–Crippen MR) is 87.0 cm³/mol. The van der Waals surface area contributed by atoms with Crippen LogP contribution in [0.3, 0.4) is 0 Å². The first kappa shape index (κ1) is 14.4. The smallest absolute Gasteiger partial charge is 0.0417 e. The lowest BCUT2D eigenvalue weighted by Gasteiger charge is -2.10. The molecule has 0 aliphatic carbocycles. The van der Waals surface area contributed by atoms with Crippen molar-refractivity contribution >= 4 is 33.2 Å². The molecule has 1 N–H and O–H groups in total. The Labute approximate surface area is 128 Å². The molecule has 19 heavy (non-hydrogen) atoms. The van der Waals surface area contributed by atoms with Gasteiger partial charge in [0.25, 0.3) is 0 Å². The summed E-state index contributed by atoms with van der Waals surface area (Å²) in [5, 5.41) is 4.16. The van der Waals surface area contributed by atoms with Crippen molar-refractivity contribution in [2.45, 2.75) is 26.3 Å². The van der Waals surface area contributed by atoms with Gasteiger partial charge in [0.2, 0.25) is 0 Å². The summed E-state index contributed by atoms with van der Waals surface area (Å²) in [7, 11) is 0. The molecular weight excluding hydrogens is 322 g/mol. The molecule has 0 fully saturated rings. The number of hydrogen-bond acceptors (Lipinski definition) is 1. The molecule has 2 aromatic rings. The van der Waals surface area contributed by atoms with E-state index >= 15 is 0 Å². The van der Waals surface area contributed by atoms with Crippen LogP contribution in [0.25, 0.3) is 0 Å². The Bertz CT molecular complexity index is 549. The molecule has 100 valence electrons. The summed E-state index contributed by atoms with van der Waals surface area (Å²) >= 11 is 9.46. The standard InChI is InChI=1S/C16H17BrClN/c1-11(2)12-4-7-15(8-5-12)19-10-13-3-6-14(18)9-16(13)17/h3-9,11,19H,10H2,1-2H3. The van der Waals surface area contributed by atoms with Crippen LogP contribution in [-0.4, -0.2) is 0 Å². The molecule has 0 saturated heterocycles. The van der Waals surface area contributed by atoms with Gasteiger partial charge in [-0.1, -0.05) is 59.6 Å². The van der Waals surface area contributed by atoms with Crippen LogP contribution < -0.4 is 5.32 Å². The van der Waals surface area contributed by atoms with Crippen LogP contribution >= 0.6 is 27.5 Å². The van der Waals surface area contributed by atoms with Gasteiger partial charge in [0.05, 0.1) is 0 Å².